The number of nitrogens with one attached hydrogen (secondary N) is 2. The summed E-state index contributed by atoms with van der Waals surface area (Å²) in [5.74, 6) is -0.739. The van der Waals surface area contributed by atoms with Crippen molar-refractivity contribution in [2.45, 2.75) is 40.7 Å². The fourth-order valence-electron chi connectivity index (χ4n) is 2.65. The monoisotopic (exact) mass is 372 g/mol. The Bertz CT molecular complexity index is 793. The standard InChI is InChI=1S/C21H25ClN2O2/c1-13-11-14(2)18(17(22)12-13)24-20(26)21(4,5)19(25)23-15(3)16-9-7-6-8-10-16/h6-12,15H,1-5H3,(H,23,25)(H,24,26). The molecular formula is C21H25ClN2O2. The van der Waals surface area contributed by atoms with Crippen LogP contribution >= 0.6 is 11.6 Å². The summed E-state index contributed by atoms with van der Waals surface area (Å²) in [4.78, 5) is 25.5. The van der Waals surface area contributed by atoms with Crippen molar-refractivity contribution >= 4 is 29.1 Å². The molecular weight excluding hydrogens is 348 g/mol. The third-order valence-electron chi connectivity index (χ3n) is 4.45. The molecule has 0 fully saturated rings. The van der Waals surface area contributed by atoms with E-state index in [1.807, 2.05) is 57.2 Å². The second kappa shape index (κ2) is 7.92. The molecule has 1 atom stereocenters. The van der Waals surface area contributed by atoms with E-state index in [9.17, 15) is 9.59 Å². The van der Waals surface area contributed by atoms with E-state index in [4.69, 9.17) is 11.6 Å². The molecule has 0 aliphatic heterocycles. The summed E-state index contributed by atoms with van der Waals surface area (Å²) >= 11 is 6.26. The zero-order valence-electron chi connectivity index (χ0n) is 15.8. The number of aryl methyl sites for hydroxylation is 2. The minimum absolute atomic E-state index is 0.194. The van der Waals surface area contributed by atoms with E-state index in [-0.39, 0.29) is 11.9 Å². The molecule has 138 valence electrons. The van der Waals surface area contributed by atoms with Gasteiger partial charge in [0.2, 0.25) is 11.8 Å². The number of amides is 2. The van der Waals surface area contributed by atoms with Crippen molar-refractivity contribution in [3.63, 3.8) is 0 Å². The highest BCUT2D eigenvalue weighted by molar-refractivity contribution is 6.34. The average molecular weight is 373 g/mol. The van der Waals surface area contributed by atoms with E-state index in [1.165, 1.54) is 0 Å². The van der Waals surface area contributed by atoms with Gasteiger partial charge in [0.15, 0.2) is 0 Å². The van der Waals surface area contributed by atoms with Gasteiger partial charge in [-0.3, -0.25) is 9.59 Å². The predicted molar refractivity (Wildman–Crippen MR) is 106 cm³/mol. The van der Waals surface area contributed by atoms with Crippen molar-refractivity contribution in [2.24, 2.45) is 5.41 Å². The molecule has 26 heavy (non-hydrogen) atoms. The predicted octanol–water partition coefficient (Wildman–Crippen LogP) is 4.80. The van der Waals surface area contributed by atoms with Crippen LogP contribution in [0.2, 0.25) is 5.02 Å². The van der Waals surface area contributed by atoms with Crippen molar-refractivity contribution in [1.29, 1.82) is 0 Å². The smallest absolute Gasteiger partial charge is 0.239 e. The Kier molecular flexibility index (Phi) is 6.09. The molecule has 2 amide bonds. The maximum absolute atomic E-state index is 12.8. The highest BCUT2D eigenvalue weighted by Gasteiger charge is 2.37. The Morgan fingerprint density at radius 1 is 1.04 bits per heavy atom. The van der Waals surface area contributed by atoms with Crippen LogP contribution in [0.15, 0.2) is 42.5 Å². The highest BCUT2D eigenvalue weighted by Crippen LogP contribution is 2.29. The Labute approximate surface area is 159 Å². The summed E-state index contributed by atoms with van der Waals surface area (Å²) in [6, 6.07) is 13.2. The molecule has 0 aliphatic rings. The summed E-state index contributed by atoms with van der Waals surface area (Å²) < 4.78 is 0. The molecule has 0 saturated heterocycles. The second-order valence-electron chi connectivity index (χ2n) is 7.12. The first kappa shape index (κ1) is 20.0. The van der Waals surface area contributed by atoms with E-state index < -0.39 is 11.3 Å². The van der Waals surface area contributed by atoms with Gasteiger partial charge in [0.05, 0.1) is 16.8 Å². The number of hydrogen-bond donors (Lipinski definition) is 2. The summed E-state index contributed by atoms with van der Waals surface area (Å²) in [6.45, 7) is 8.91. The van der Waals surface area contributed by atoms with Gasteiger partial charge >= 0.3 is 0 Å². The first-order chi connectivity index (χ1) is 12.1. The molecule has 0 spiro atoms. The fraction of sp³-hybridized carbons (Fsp3) is 0.333. The van der Waals surface area contributed by atoms with E-state index >= 15 is 0 Å². The number of benzene rings is 2. The maximum atomic E-state index is 12.8. The maximum Gasteiger partial charge on any atom is 0.239 e. The van der Waals surface area contributed by atoms with Crippen LogP contribution in [0.25, 0.3) is 0 Å². The van der Waals surface area contributed by atoms with Crippen LogP contribution in [0.1, 0.15) is 43.5 Å². The van der Waals surface area contributed by atoms with Crippen molar-refractivity contribution in [3.8, 4) is 0 Å². The minimum atomic E-state index is -1.25. The largest absolute Gasteiger partial charge is 0.349 e. The molecule has 2 rings (SSSR count). The first-order valence-electron chi connectivity index (χ1n) is 8.57. The Morgan fingerprint density at radius 2 is 1.65 bits per heavy atom. The molecule has 0 saturated carbocycles. The van der Waals surface area contributed by atoms with Crippen molar-refractivity contribution in [3.05, 3.63) is 64.2 Å². The summed E-state index contributed by atoms with van der Waals surface area (Å²) in [5, 5.41) is 6.18. The number of anilines is 1. The van der Waals surface area contributed by atoms with Gasteiger partial charge in [0.25, 0.3) is 0 Å². The lowest BCUT2D eigenvalue weighted by molar-refractivity contribution is -0.138. The SMILES string of the molecule is Cc1cc(C)c(NC(=O)C(C)(C)C(=O)NC(C)c2ccccc2)c(Cl)c1. The summed E-state index contributed by atoms with van der Waals surface area (Å²) in [5.41, 5.74) is 2.15. The molecule has 2 aromatic rings. The molecule has 4 nitrogen and oxygen atoms in total. The average Bonchev–Trinajstić information content (AvgIpc) is 2.58. The van der Waals surface area contributed by atoms with Gasteiger partial charge in [-0.2, -0.15) is 0 Å². The molecule has 0 heterocycles. The van der Waals surface area contributed by atoms with E-state index in [1.54, 1.807) is 19.9 Å². The zero-order chi connectivity index (χ0) is 19.5. The Morgan fingerprint density at radius 3 is 2.23 bits per heavy atom. The zero-order valence-corrected chi connectivity index (χ0v) is 16.6. The molecule has 0 aromatic heterocycles. The quantitative estimate of drug-likeness (QED) is 0.740. The molecule has 1 unspecified atom stereocenters. The highest BCUT2D eigenvalue weighted by atomic mass is 35.5. The number of carbonyl (C=O) groups excluding carboxylic acids is 2. The Balaban J connectivity index is 2.13. The van der Waals surface area contributed by atoms with Gasteiger partial charge in [-0.1, -0.05) is 48.0 Å². The topological polar surface area (TPSA) is 58.2 Å². The molecule has 0 aliphatic carbocycles. The number of halogens is 1. The lowest BCUT2D eigenvalue weighted by Gasteiger charge is -2.26. The van der Waals surface area contributed by atoms with E-state index in [0.29, 0.717) is 10.7 Å². The van der Waals surface area contributed by atoms with Crippen molar-refractivity contribution < 1.29 is 9.59 Å². The fourth-order valence-corrected chi connectivity index (χ4v) is 3.02. The van der Waals surface area contributed by atoms with Crippen LogP contribution in [-0.4, -0.2) is 11.8 Å². The normalized spacial score (nSPS) is 12.4. The Hall–Kier alpha value is -2.33. The molecule has 0 bridgehead atoms. The van der Waals surface area contributed by atoms with Gasteiger partial charge in [-0.15, -0.1) is 0 Å². The minimum Gasteiger partial charge on any atom is -0.349 e. The first-order valence-corrected chi connectivity index (χ1v) is 8.95. The molecule has 2 N–H and O–H groups in total. The van der Waals surface area contributed by atoms with Crippen molar-refractivity contribution in [1.82, 2.24) is 5.32 Å². The molecule has 5 heteroatoms. The molecule has 0 radical (unpaired) electrons. The van der Waals surface area contributed by atoms with Crippen LogP contribution in [0.5, 0.6) is 0 Å². The van der Waals surface area contributed by atoms with Gasteiger partial charge in [0.1, 0.15) is 5.41 Å². The third-order valence-corrected chi connectivity index (χ3v) is 4.75. The lowest BCUT2D eigenvalue weighted by Crippen LogP contribution is -2.46. The van der Waals surface area contributed by atoms with Gasteiger partial charge in [-0.05, 0) is 57.4 Å². The van der Waals surface area contributed by atoms with Gasteiger partial charge in [-0.25, -0.2) is 0 Å². The second-order valence-corrected chi connectivity index (χ2v) is 7.53. The van der Waals surface area contributed by atoms with Crippen LogP contribution in [0, 0.1) is 19.3 Å². The van der Waals surface area contributed by atoms with Crippen molar-refractivity contribution in [2.75, 3.05) is 5.32 Å². The lowest BCUT2D eigenvalue weighted by atomic mass is 9.90. The summed E-state index contributed by atoms with van der Waals surface area (Å²) in [6.07, 6.45) is 0. The van der Waals surface area contributed by atoms with Crippen LogP contribution in [0.4, 0.5) is 5.69 Å². The number of carbonyl (C=O) groups is 2. The molecule has 2 aromatic carbocycles. The van der Waals surface area contributed by atoms with Crippen LogP contribution in [0.3, 0.4) is 0 Å². The number of rotatable bonds is 5. The third kappa shape index (κ3) is 4.44. The number of hydrogen-bond acceptors (Lipinski definition) is 2. The van der Waals surface area contributed by atoms with Gasteiger partial charge < -0.3 is 10.6 Å². The summed E-state index contributed by atoms with van der Waals surface area (Å²) in [7, 11) is 0. The van der Waals surface area contributed by atoms with E-state index in [0.717, 1.165) is 16.7 Å². The van der Waals surface area contributed by atoms with Gasteiger partial charge in [0, 0.05) is 0 Å². The van der Waals surface area contributed by atoms with Crippen LogP contribution < -0.4 is 10.6 Å². The van der Waals surface area contributed by atoms with E-state index in [2.05, 4.69) is 10.6 Å². The van der Waals surface area contributed by atoms with Crippen LogP contribution in [-0.2, 0) is 9.59 Å².